The molecule has 0 aliphatic rings. The van der Waals surface area contributed by atoms with E-state index in [1.807, 2.05) is 19.9 Å². The molecule has 0 bridgehead atoms. The molecule has 4 nitrogen and oxygen atoms in total. The van der Waals surface area contributed by atoms with Crippen LogP contribution < -0.4 is 10.5 Å². The number of thiophene rings is 1. The number of phenolic OH excluding ortho intramolecular Hbond substituents is 1. The van der Waals surface area contributed by atoms with Gasteiger partial charge in [0.2, 0.25) is 0 Å². The van der Waals surface area contributed by atoms with Gasteiger partial charge in [-0.15, -0.1) is 11.3 Å². The number of hydrogen-bond donors (Lipinski definition) is 2. The van der Waals surface area contributed by atoms with Crippen molar-refractivity contribution in [1.29, 1.82) is 0 Å². The van der Waals surface area contributed by atoms with Gasteiger partial charge in [-0.2, -0.15) is 0 Å². The number of ether oxygens (including phenoxy) is 1. The first kappa shape index (κ1) is 14.4. The summed E-state index contributed by atoms with van der Waals surface area (Å²) in [5.41, 5.74) is 7.27. The van der Waals surface area contributed by atoms with Gasteiger partial charge in [0.05, 0.1) is 12.0 Å². The first-order valence-electron chi connectivity index (χ1n) is 6.25. The maximum absolute atomic E-state index is 11.5. The van der Waals surface area contributed by atoms with Gasteiger partial charge in [-0.25, -0.2) is 0 Å². The molecule has 0 fully saturated rings. The third kappa shape index (κ3) is 2.63. The fourth-order valence-corrected chi connectivity index (χ4v) is 3.16. The number of carbonyl (C=O) groups is 1. The molecule has 0 unspecified atom stereocenters. The summed E-state index contributed by atoms with van der Waals surface area (Å²) in [4.78, 5) is 13.0. The lowest BCUT2D eigenvalue weighted by molar-refractivity contribution is 0.100. The highest BCUT2D eigenvalue weighted by Crippen LogP contribution is 2.38. The second kappa shape index (κ2) is 5.54. The molecule has 2 rings (SSSR count). The molecule has 1 amide bonds. The van der Waals surface area contributed by atoms with Crippen molar-refractivity contribution < 1.29 is 14.6 Å². The van der Waals surface area contributed by atoms with Crippen LogP contribution in [0.2, 0.25) is 0 Å². The normalized spacial score (nSPS) is 10.8. The van der Waals surface area contributed by atoms with Crippen molar-refractivity contribution in [2.75, 3.05) is 7.11 Å². The number of hydrogen-bond acceptors (Lipinski definition) is 4. The second-order valence-corrected chi connectivity index (χ2v) is 5.85. The Bertz CT molecular complexity index is 647. The monoisotopic (exact) mass is 291 g/mol. The summed E-state index contributed by atoms with van der Waals surface area (Å²) >= 11 is 1.36. The minimum atomic E-state index is -0.407. The second-order valence-electron chi connectivity index (χ2n) is 4.80. The molecule has 0 aliphatic heterocycles. The Labute approximate surface area is 121 Å². The number of carbonyl (C=O) groups excluding carboxylic acids is 1. The number of aromatic hydroxyl groups is 1. The molecule has 0 aliphatic carbocycles. The van der Waals surface area contributed by atoms with Gasteiger partial charge >= 0.3 is 0 Å². The predicted molar refractivity (Wildman–Crippen MR) is 80.6 cm³/mol. The highest BCUT2D eigenvalue weighted by atomic mass is 32.1. The Morgan fingerprint density at radius 1 is 1.35 bits per heavy atom. The van der Waals surface area contributed by atoms with Crippen molar-refractivity contribution in [3.63, 3.8) is 0 Å². The smallest absolute Gasteiger partial charge is 0.259 e. The number of rotatable bonds is 4. The lowest BCUT2D eigenvalue weighted by atomic mass is 10.0. The summed E-state index contributed by atoms with van der Waals surface area (Å²) in [5.74, 6) is 0.312. The predicted octanol–water partition coefficient (Wildman–Crippen LogP) is 3.35. The van der Waals surface area contributed by atoms with E-state index in [1.165, 1.54) is 18.4 Å². The zero-order valence-electron chi connectivity index (χ0n) is 11.6. The molecule has 3 N–H and O–H groups in total. The summed E-state index contributed by atoms with van der Waals surface area (Å²) in [6.07, 6.45) is 0. The lowest BCUT2D eigenvalue weighted by Crippen LogP contribution is -2.11. The molecule has 0 saturated heterocycles. The van der Waals surface area contributed by atoms with Crippen molar-refractivity contribution in [3.05, 3.63) is 34.7 Å². The minimum absolute atomic E-state index is 0.0898. The molecule has 0 atom stereocenters. The highest BCUT2D eigenvalue weighted by Gasteiger charge is 2.17. The zero-order valence-corrected chi connectivity index (χ0v) is 12.5. The quantitative estimate of drug-likeness (QED) is 0.907. The van der Waals surface area contributed by atoms with Crippen molar-refractivity contribution in [2.24, 2.45) is 5.73 Å². The minimum Gasteiger partial charge on any atom is -0.504 e. The van der Waals surface area contributed by atoms with Gasteiger partial charge in [-0.05, 0) is 41.3 Å². The van der Waals surface area contributed by atoms with Crippen LogP contribution in [0.5, 0.6) is 11.5 Å². The van der Waals surface area contributed by atoms with E-state index in [9.17, 15) is 9.90 Å². The summed E-state index contributed by atoms with van der Waals surface area (Å²) in [6.45, 7) is 4.05. The van der Waals surface area contributed by atoms with Crippen LogP contribution in [0.15, 0.2) is 24.3 Å². The Morgan fingerprint density at radius 3 is 2.55 bits per heavy atom. The molecule has 0 spiro atoms. The van der Waals surface area contributed by atoms with E-state index in [-0.39, 0.29) is 11.7 Å². The number of primary amides is 1. The number of phenols is 1. The van der Waals surface area contributed by atoms with Gasteiger partial charge in [-0.3, -0.25) is 4.79 Å². The van der Waals surface area contributed by atoms with E-state index in [0.717, 1.165) is 16.0 Å². The Hall–Kier alpha value is -2.01. The average molecular weight is 291 g/mol. The molecule has 106 valence electrons. The molecule has 1 aromatic heterocycles. The van der Waals surface area contributed by atoms with E-state index < -0.39 is 5.91 Å². The van der Waals surface area contributed by atoms with Crippen molar-refractivity contribution in [1.82, 2.24) is 0 Å². The first-order chi connectivity index (χ1) is 9.43. The summed E-state index contributed by atoms with van der Waals surface area (Å²) < 4.78 is 5.10. The van der Waals surface area contributed by atoms with Gasteiger partial charge in [0.1, 0.15) is 0 Å². The molecule has 20 heavy (non-hydrogen) atoms. The first-order valence-corrected chi connectivity index (χ1v) is 7.06. The van der Waals surface area contributed by atoms with E-state index in [4.69, 9.17) is 10.5 Å². The molecule has 0 radical (unpaired) electrons. The van der Waals surface area contributed by atoms with Gasteiger partial charge in [0.15, 0.2) is 11.5 Å². The maximum atomic E-state index is 11.5. The van der Waals surface area contributed by atoms with Crippen LogP contribution in [0.3, 0.4) is 0 Å². The van der Waals surface area contributed by atoms with Gasteiger partial charge < -0.3 is 15.6 Å². The Kier molecular flexibility index (Phi) is 3.99. The van der Waals surface area contributed by atoms with Crippen LogP contribution in [0.25, 0.3) is 10.4 Å². The Balaban J connectivity index is 2.53. The van der Waals surface area contributed by atoms with Crippen LogP contribution in [0.1, 0.15) is 35.0 Å². The SMILES string of the molecule is COc1cc(-c2cc(C(C)C)c(C(N)=O)s2)ccc1O. The van der Waals surface area contributed by atoms with Crippen molar-refractivity contribution >= 4 is 17.2 Å². The number of methoxy groups -OCH3 is 1. The fourth-order valence-electron chi connectivity index (χ4n) is 2.00. The molecule has 1 heterocycles. The molecule has 1 aromatic carbocycles. The van der Waals surface area contributed by atoms with Crippen molar-refractivity contribution in [3.8, 4) is 21.9 Å². The van der Waals surface area contributed by atoms with E-state index in [0.29, 0.717) is 10.6 Å². The topological polar surface area (TPSA) is 72.5 Å². The summed E-state index contributed by atoms with van der Waals surface area (Å²) in [7, 11) is 1.50. The van der Waals surface area contributed by atoms with Crippen LogP contribution in [0, 0.1) is 0 Å². The molecule has 0 saturated carbocycles. The summed E-state index contributed by atoms with van der Waals surface area (Å²) in [5, 5.41) is 9.62. The van der Waals surface area contributed by atoms with Crippen LogP contribution in [-0.2, 0) is 0 Å². The largest absolute Gasteiger partial charge is 0.504 e. The molecular formula is C15H17NO3S. The average Bonchev–Trinajstić information content (AvgIpc) is 2.84. The third-order valence-electron chi connectivity index (χ3n) is 3.07. The van der Waals surface area contributed by atoms with Gasteiger partial charge in [0, 0.05) is 4.88 Å². The maximum Gasteiger partial charge on any atom is 0.259 e. The van der Waals surface area contributed by atoms with Crippen LogP contribution in [-0.4, -0.2) is 18.1 Å². The lowest BCUT2D eigenvalue weighted by Gasteiger charge is -2.05. The molecule has 5 heteroatoms. The molecular weight excluding hydrogens is 274 g/mol. The van der Waals surface area contributed by atoms with Gasteiger partial charge in [0.25, 0.3) is 5.91 Å². The van der Waals surface area contributed by atoms with E-state index in [1.54, 1.807) is 18.2 Å². The zero-order chi connectivity index (χ0) is 14.9. The summed E-state index contributed by atoms with van der Waals surface area (Å²) in [6, 6.07) is 7.09. The van der Waals surface area contributed by atoms with Crippen molar-refractivity contribution in [2.45, 2.75) is 19.8 Å². The van der Waals surface area contributed by atoms with E-state index in [2.05, 4.69) is 0 Å². The standard InChI is InChI=1S/C15H17NO3S/c1-8(2)10-7-13(20-14(10)15(16)18)9-4-5-11(17)12(6-9)19-3/h4-8,17H,1-3H3,(H2,16,18). The van der Waals surface area contributed by atoms with Gasteiger partial charge in [-0.1, -0.05) is 13.8 Å². The number of benzene rings is 1. The van der Waals surface area contributed by atoms with Crippen LogP contribution in [0.4, 0.5) is 0 Å². The van der Waals surface area contributed by atoms with E-state index >= 15 is 0 Å². The number of nitrogens with two attached hydrogens (primary N) is 1. The van der Waals surface area contributed by atoms with Crippen LogP contribution >= 0.6 is 11.3 Å². The highest BCUT2D eigenvalue weighted by molar-refractivity contribution is 7.17. The molecule has 2 aromatic rings. The third-order valence-corrected chi connectivity index (χ3v) is 4.29. The number of amides is 1. The fraction of sp³-hybridized carbons (Fsp3) is 0.267. The Morgan fingerprint density at radius 2 is 2.05 bits per heavy atom.